The number of sulfonamides is 1. The van der Waals surface area contributed by atoms with Crippen molar-refractivity contribution in [3.8, 4) is 0 Å². The zero-order chi connectivity index (χ0) is 17.0. The van der Waals surface area contributed by atoms with Crippen molar-refractivity contribution in [2.24, 2.45) is 0 Å². The van der Waals surface area contributed by atoms with Gasteiger partial charge in [0.2, 0.25) is 15.9 Å². The minimum Gasteiger partial charge on any atom is -0.340 e. The van der Waals surface area contributed by atoms with Gasteiger partial charge < -0.3 is 4.90 Å². The van der Waals surface area contributed by atoms with Crippen molar-refractivity contribution in [2.75, 3.05) is 38.2 Å². The zero-order valence-corrected chi connectivity index (χ0v) is 14.3. The molecule has 2 rings (SSSR count). The number of hydrogen-bond donors (Lipinski definition) is 0. The van der Waals surface area contributed by atoms with Crippen LogP contribution in [0, 0.1) is 11.6 Å². The number of carbonyl (C=O) groups excluding carboxylic acids is 1. The molecule has 1 fully saturated rings. The molecule has 0 unspecified atom stereocenters. The van der Waals surface area contributed by atoms with Crippen LogP contribution < -0.4 is 0 Å². The van der Waals surface area contributed by atoms with Gasteiger partial charge in [0, 0.05) is 38.4 Å². The van der Waals surface area contributed by atoms with E-state index >= 15 is 0 Å². The topological polar surface area (TPSA) is 57.7 Å². The number of amides is 1. The van der Waals surface area contributed by atoms with E-state index in [1.807, 2.05) is 6.26 Å². The molecule has 23 heavy (non-hydrogen) atoms. The lowest BCUT2D eigenvalue weighted by Gasteiger charge is -2.34. The van der Waals surface area contributed by atoms with E-state index in [9.17, 15) is 22.0 Å². The quantitative estimate of drug-likeness (QED) is 0.796. The van der Waals surface area contributed by atoms with Crippen molar-refractivity contribution < 1.29 is 22.0 Å². The van der Waals surface area contributed by atoms with E-state index in [0.29, 0.717) is 18.2 Å². The van der Waals surface area contributed by atoms with Gasteiger partial charge in [0.15, 0.2) is 0 Å². The van der Waals surface area contributed by atoms with Gasteiger partial charge in [-0.2, -0.15) is 16.1 Å². The van der Waals surface area contributed by atoms with E-state index in [0.717, 1.165) is 16.4 Å². The molecule has 1 heterocycles. The third-order valence-electron chi connectivity index (χ3n) is 3.62. The molecule has 0 aliphatic carbocycles. The van der Waals surface area contributed by atoms with Crippen LogP contribution in [-0.2, 0) is 14.8 Å². The fourth-order valence-electron chi connectivity index (χ4n) is 2.34. The summed E-state index contributed by atoms with van der Waals surface area (Å²) < 4.78 is 52.9. The number of rotatable bonds is 5. The summed E-state index contributed by atoms with van der Waals surface area (Å²) >= 11 is 1.57. The molecular formula is C14H18F2N2O3S2. The van der Waals surface area contributed by atoms with Crippen molar-refractivity contribution >= 4 is 27.7 Å². The predicted molar refractivity (Wildman–Crippen MR) is 84.7 cm³/mol. The third kappa shape index (κ3) is 4.21. The maximum atomic E-state index is 13.7. The van der Waals surface area contributed by atoms with Crippen LogP contribution in [0.1, 0.15) is 6.42 Å². The lowest BCUT2D eigenvalue weighted by Crippen LogP contribution is -2.50. The van der Waals surface area contributed by atoms with Crippen LogP contribution in [0.15, 0.2) is 23.1 Å². The van der Waals surface area contributed by atoms with Gasteiger partial charge in [-0.05, 0) is 24.5 Å². The molecule has 0 saturated carbocycles. The fourth-order valence-corrected chi connectivity index (χ4v) is 4.22. The maximum Gasteiger partial charge on any atom is 0.246 e. The number of benzene rings is 1. The van der Waals surface area contributed by atoms with Crippen LogP contribution in [-0.4, -0.2) is 61.7 Å². The molecule has 1 aliphatic heterocycles. The van der Waals surface area contributed by atoms with Gasteiger partial charge in [-0.3, -0.25) is 4.79 Å². The summed E-state index contributed by atoms with van der Waals surface area (Å²) in [6, 6.07) is 2.35. The molecular weight excluding hydrogens is 346 g/mol. The Morgan fingerprint density at radius 3 is 2.48 bits per heavy atom. The smallest absolute Gasteiger partial charge is 0.246 e. The van der Waals surface area contributed by atoms with Crippen LogP contribution in [0.3, 0.4) is 0 Å². The number of carbonyl (C=O) groups is 1. The highest BCUT2D eigenvalue weighted by atomic mass is 32.2. The second kappa shape index (κ2) is 7.59. The first-order valence-electron chi connectivity index (χ1n) is 7.08. The molecule has 1 aromatic rings. The Hall–Kier alpha value is -1.19. The Morgan fingerprint density at radius 2 is 1.87 bits per heavy atom. The summed E-state index contributed by atoms with van der Waals surface area (Å²) in [5.74, 6) is -1.10. The summed E-state index contributed by atoms with van der Waals surface area (Å²) in [6.07, 6.45) is 2.32. The number of piperazine rings is 1. The van der Waals surface area contributed by atoms with Crippen LogP contribution >= 0.6 is 11.8 Å². The Balaban J connectivity index is 2.07. The minimum absolute atomic E-state index is 0.0201. The van der Waals surface area contributed by atoms with E-state index < -0.39 is 26.6 Å². The third-order valence-corrected chi connectivity index (χ3v) is 6.15. The lowest BCUT2D eigenvalue weighted by atomic mass is 10.3. The number of hydrogen-bond acceptors (Lipinski definition) is 4. The zero-order valence-electron chi connectivity index (χ0n) is 12.7. The predicted octanol–water partition coefficient (Wildman–Crippen LogP) is 1.55. The van der Waals surface area contributed by atoms with Gasteiger partial charge in [-0.25, -0.2) is 17.2 Å². The molecule has 0 spiro atoms. The molecule has 5 nitrogen and oxygen atoms in total. The van der Waals surface area contributed by atoms with Crippen LogP contribution in [0.4, 0.5) is 8.78 Å². The summed E-state index contributed by atoms with van der Waals surface area (Å²) in [5.41, 5.74) is 0. The number of thioether (sulfide) groups is 1. The van der Waals surface area contributed by atoms with Crippen LogP contribution in [0.25, 0.3) is 0 Å². The normalized spacial score (nSPS) is 16.6. The first kappa shape index (κ1) is 18.2. The van der Waals surface area contributed by atoms with E-state index in [-0.39, 0.29) is 32.1 Å². The Morgan fingerprint density at radius 1 is 1.22 bits per heavy atom. The summed E-state index contributed by atoms with van der Waals surface area (Å²) in [7, 11) is -4.11. The average Bonchev–Trinajstić information content (AvgIpc) is 2.54. The molecule has 0 bridgehead atoms. The molecule has 1 aromatic carbocycles. The first-order valence-corrected chi connectivity index (χ1v) is 9.91. The largest absolute Gasteiger partial charge is 0.340 e. The highest BCUT2D eigenvalue weighted by molar-refractivity contribution is 7.98. The SMILES string of the molecule is CSCCC(=O)N1CCN(S(=O)(=O)c2cc(F)ccc2F)CC1. The van der Waals surface area contributed by atoms with Crippen molar-refractivity contribution in [3.63, 3.8) is 0 Å². The summed E-state index contributed by atoms with van der Waals surface area (Å²) in [6.45, 7) is 0.652. The van der Waals surface area contributed by atoms with E-state index in [2.05, 4.69) is 0 Å². The van der Waals surface area contributed by atoms with Crippen LogP contribution in [0.5, 0.6) is 0 Å². The van der Waals surface area contributed by atoms with Crippen molar-refractivity contribution in [3.05, 3.63) is 29.8 Å². The average molecular weight is 364 g/mol. The molecule has 1 amide bonds. The molecule has 0 radical (unpaired) electrons. The molecule has 0 N–H and O–H groups in total. The monoisotopic (exact) mass is 364 g/mol. The Bertz CT molecular complexity index is 675. The number of nitrogens with zero attached hydrogens (tertiary/aromatic N) is 2. The van der Waals surface area contributed by atoms with Crippen molar-refractivity contribution in [1.82, 2.24) is 9.21 Å². The Kier molecular flexibility index (Phi) is 5.99. The van der Waals surface area contributed by atoms with E-state index in [1.54, 1.807) is 16.7 Å². The highest BCUT2D eigenvalue weighted by Crippen LogP contribution is 2.21. The van der Waals surface area contributed by atoms with Crippen molar-refractivity contribution in [1.29, 1.82) is 0 Å². The van der Waals surface area contributed by atoms with Crippen LogP contribution in [0.2, 0.25) is 0 Å². The second-order valence-electron chi connectivity index (χ2n) is 5.10. The standard InChI is InChI=1S/C14H18F2N2O3S2/c1-22-9-4-14(19)17-5-7-18(8-6-17)23(20,21)13-10-11(15)2-3-12(13)16/h2-3,10H,4-9H2,1H3. The molecule has 1 saturated heterocycles. The van der Waals surface area contributed by atoms with Gasteiger partial charge >= 0.3 is 0 Å². The molecule has 0 aromatic heterocycles. The number of halogens is 2. The fraction of sp³-hybridized carbons (Fsp3) is 0.500. The molecule has 128 valence electrons. The maximum absolute atomic E-state index is 13.7. The summed E-state index contributed by atoms with van der Waals surface area (Å²) in [4.78, 5) is 12.9. The van der Waals surface area contributed by atoms with Crippen molar-refractivity contribution in [2.45, 2.75) is 11.3 Å². The van der Waals surface area contributed by atoms with E-state index in [4.69, 9.17) is 0 Å². The second-order valence-corrected chi connectivity index (χ2v) is 7.99. The highest BCUT2D eigenvalue weighted by Gasteiger charge is 2.32. The summed E-state index contributed by atoms with van der Waals surface area (Å²) in [5, 5.41) is 0. The van der Waals surface area contributed by atoms with Gasteiger partial charge in [0.25, 0.3) is 0 Å². The Labute approximate surface area is 138 Å². The van der Waals surface area contributed by atoms with Gasteiger partial charge in [0.1, 0.15) is 16.5 Å². The van der Waals surface area contributed by atoms with Gasteiger partial charge in [-0.15, -0.1) is 0 Å². The lowest BCUT2D eigenvalue weighted by molar-refractivity contribution is -0.131. The van der Waals surface area contributed by atoms with Gasteiger partial charge in [0.05, 0.1) is 0 Å². The molecule has 0 atom stereocenters. The van der Waals surface area contributed by atoms with E-state index in [1.165, 1.54) is 0 Å². The minimum atomic E-state index is -4.11. The first-order chi connectivity index (χ1) is 10.9. The molecule has 1 aliphatic rings. The molecule has 9 heteroatoms. The van der Waals surface area contributed by atoms with Gasteiger partial charge in [-0.1, -0.05) is 0 Å².